The quantitative estimate of drug-likeness (QED) is 0.469. The van der Waals surface area contributed by atoms with Crippen molar-refractivity contribution in [2.24, 2.45) is 0 Å². The summed E-state index contributed by atoms with van der Waals surface area (Å²) in [4.78, 5) is 10.2. The van der Waals surface area contributed by atoms with Gasteiger partial charge in [0.1, 0.15) is 6.29 Å². The van der Waals surface area contributed by atoms with Gasteiger partial charge in [-0.15, -0.1) is 0 Å². The Morgan fingerprint density at radius 2 is 2.10 bits per heavy atom. The maximum Gasteiger partial charge on any atom is 0.145 e. The Morgan fingerprint density at radius 3 is 2.50 bits per heavy atom. The van der Waals surface area contributed by atoms with E-state index in [0.29, 0.717) is 0 Å². The molecule has 0 aliphatic heterocycles. The first-order chi connectivity index (χ1) is 4.72. The fourth-order valence-electron chi connectivity index (χ4n) is 0.610. The van der Waals surface area contributed by atoms with Crippen LogP contribution in [-0.2, 0) is 4.79 Å². The van der Waals surface area contributed by atoms with Crippen molar-refractivity contribution in [3.8, 4) is 0 Å². The first-order valence-corrected chi connectivity index (χ1v) is 3.48. The highest BCUT2D eigenvalue weighted by Crippen LogP contribution is 2.03. The molecule has 0 radical (unpaired) electrons. The molecule has 0 aromatic heterocycles. The maximum absolute atomic E-state index is 10.2. The van der Waals surface area contributed by atoms with Crippen LogP contribution in [0.25, 0.3) is 0 Å². The van der Waals surface area contributed by atoms with Crippen LogP contribution in [-0.4, -0.2) is 19.9 Å². The van der Waals surface area contributed by atoms with Gasteiger partial charge in [-0.05, 0) is 39.4 Å². The average molecular weight is 141 g/mol. The van der Waals surface area contributed by atoms with Gasteiger partial charge in [0.2, 0.25) is 0 Å². The molecule has 0 heterocycles. The van der Waals surface area contributed by atoms with Gasteiger partial charge in [-0.3, -0.25) is 4.79 Å². The number of hydrogen-bond donors (Lipinski definition) is 1. The van der Waals surface area contributed by atoms with E-state index in [1.807, 2.05) is 20.9 Å². The Morgan fingerprint density at radius 1 is 1.50 bits per heavy atom. The maximum atomic E-state index is 10.2. The third kappa shape index (κ3) is 3.41. The zero-order valence-corrected chi connectivity index (χ0v) is 6.90. The van der Waals surface area contributed by atoms with Crippen molar-refractivity contribution in [3.63, 3.8) is 0 Å². The summed E-state index contributed by atoms with van der Waals surface area (Å²) >= 11 is 0. The van der Waals surface area contributed by atoms with E-state index in [1.165, 1.54) is 5.57 Å². The number of hydrogen-bond acceptors (Lipinski definition) is 2. The van der Waals surface area contributed by atoms with Gasteiger partial charge in [-0.25, -0.2) is 0 Å². The molecule has 2 nitrogen and oxygen atoms in total. The van der Waals surface area contributed by atoms with E-state index in [4.69, 9.17) is 0 Å². The fraction of sp³-hybridized carbons (Fsp3) is 0.625. The highest BCUT2D eigenvalue weighted by Gasteiger charge is 1.93. The second-order valence-electron chi connectivity index (χ2n) is 2.43. The lowest BCUT2D eigenvalue weighted by atomic mass is 10.1. The predicted octanol–water partition coefficient (Wildman–Crippen LogP) is 1.13. The summed E-state index contributed by atoms with van der Waals surface area (Å²) in [6.07, 6.45) is 1.87. The Kier molecular flexibility index (Phi) is 4.85. The molecule has 1 N–H and O–H groups in total. The summed E-state index contributed by atoms with van der Waals surface area (Å²) in [5, 5.41) is 3.03. The lowest BCUT2D eigenvalue weighted by Gasteiger charge is -2.00. The number of nitrogens with one attached hydrogen (secondary N) is 1. The van der Waals surface area contributed by atoms with Gasteiger partial charge in [-0.1, -0.05) is 5.57 Å². The van der Waals surface area contributed by atoms with Gasteiger partial charge < -0.3 is 5.32 Å². The lowest BCUT2D eigenvalue weighted by Crippen LogP contribution is -2.08. The van der Waals surface area contributed by atoms with Gasteiger partial charge >= 0.3 is 0 Å². The summed E-state index contributed by atoms with van der Waals surface area (Å²) in [5.41, 5.74) is 2.03. The van der Waals surface area contributed by atoms with Gasteiger partial charge in [0.25, 0.3) is 0 Å². The zero-order valence-electron chi connectivity index (χ0n) is 6.90. The van der Waals surface area contributed by atoms with Crippen LogP contribution in [0.5, 0.6) is 0 Å². The Balaban J connectivity index is 3.79. The average Bonchev–Trinajstić information content (AvgIpc) is 1.98. The van der Waals surface area contributed by atoms with E-state index in [9.17, 15) is 4.79 Å². The summed E-state index contributed by atoms with van der Waals surface area (Å²) in [5.74, 6) is 0. The molecule has 0 aromatic rings. The molecule has 0 unspecified atom stereocenters. The second kappa shape index (κ2) is 5.18. The van der Waals surface area contributed by atoms with E-state index >= 15 is 0 Å². The summed E-state index contributed by atoms with van der Waals surface area (Å²) < 4.78 is 0. The van der Waals surface area contributed by atoms with Gasteiger partial charge in [0, 0.05) is 0 Å². The minimum atomic E-state index is 0.857. The van der Waals surface area contributed by atoms with Crippen molar-refractivity contribution in [1.29, 1.82) is 0 Å². The summed E-state index contributed by atoms with van der Waals surface area (Å²) in [6.45, 7) is 4.77. The third-order valence-electron chi connectivity index (χ3n) is 1.60. The van der Waals surface area contributed by atoms with Gasteiger partial charge in [0.05, 0.1) is 0 Å². The number of aldehydes is 1. The Labute approximate surface area is 62.3 Å². The molecular weight excluding hydrogens is 126 g/mol. The molecule has 0 saturated carbocycles. The van der Waals surface area contributed by atoms with Crippen LogP contribution in [0.1, 0.15) is 20.3 Å². The Hall–Kier alpha value is -0.630. The molecule has 58 valence electrons. The highest BCUT2D eigenvalue weighted by molar-refractivity contribution is 5.73. The largest absolute Gasteiger partial charge is 0.319 e. The molecule has 0 bridgehead atoms. The molecule has 0 saturated heterocycles. The minimum Gasteiger partial charge on any atom is -0.319 e. The van der Waals surface area contributed by atoms with Crippen LogP contribution in [0.3, 0.4) is 0 Å². The van der Waals surface area contributed by atoms with E-state index in [-0.39, 0.29) is 0 Å². The molecule has 0 amide bonds. The van der Waals surface area contributed by atoms with Crippen LogP contribution >= 0.6 is 0 Å². The molecule has 0 aliphatic rings. The van der Waals surface area contributed by atoms with Crippen LogP contribution in [0.15, 0.2) is 11.1 Å². The van der Waals surface area contributed by atoms with Gasteiger partial charge in [-0.2, -0.15) is 0 Å². The van der Waals surface area contributed by atoms with Crippen LogP contribution in [0, 0.1) is 0 Å². The molecule has 0 aromatic carbocycles. The number of rotatable bonds is 4. The van der Waals surface area contributed by atoms with Crippen LogP contribution < -0.4 is 5.32 Å². The third-order valence-corrected chi connectivity index (χ3v) is 1.60. The van der Waals surface area contributed by atoms with Crippen molar-refractivity contribution in [3.05, 3.63) is 11.1 Å². The van der Waals surface area contributed by atoms with Crippen molar-refractivity contribution in [2.75, 3.05) is 13.6 Å². The molecule has 0 rings (SSSR count). The van der Waals surface area contributed by atoms with Crippen LogP contribution in [0.2, 0.25) is 0 Å². The fourth-order valence-corrected chi connectivity index (χ4v) is 0.610. The van der Waals surface area contributed by atoms with Crippen molar-refractivity contribution < 1.29 is 4.79 Å². The molecule has 0 aliphatic carbocycles. The monoisotopic (exact) mass is 141 g/mol. The minimum absolute atomic E-state index is 0.857. The SMILES string of the molecule is CNCC/C(C)=C(/C)C=O. The molecular formula is C8H15NO. The van der Waals surface area contributed by atoms with Gasteiger partial charge in [0.15, 0.2) is 0 Å². The number of carbonyl (C=O) groups is 1. The van der Waals surface area contributed by atoms with E-state index in [2.05, 4.69) is 5.32 Å². The van der Waals surface area contributed by atoms with Crippen molar-refractivity contribution >= 4 is 6.29 Å². The molecule has 0 atom stereocenters. The highest BCUT2D eigenvalue weighted by atomic mass is 16.1. The molecule has 10 heavy (non-hydrogen) atoms. The first-order valence-electron chi connectivity index (χ1n) is 3.48. The summed E-state index contributed by atoms with van der Waals surface area (Å²) in [7, 11) is 1.91. The van der Waals surface area contributed by atoms with E-state index in [1.54, 1.807) is 0 Å². The normalized spacial score (nSPS) is 12.7. The van der Waals surface area contributed by atoms with Crippen LogP contribution in [0.4, 0.5) is 0 Å². The number of carbonyl (C=O) groups excluding carboxylic acids is 1. The number of allylic oxidation sites excluding steroid dienone is 1. The van der Waals surface area contributed by atoms with E-state index in [0.717, 1.165) is 24.8 Å². The first kappa shape index (κ1) is 9.37. The Bertz CT molecular complexity index is 138. The molecule has 2 heteroatoms. The molecule has 0 fully saturated rings. The smallest absolute Gasteiger partial charge is 0.145 e. The predicted molar refractivity (Wildman–Crippen MR) is 43.0 cm³/mol. The molecule has 0 spiro atoms. The lowest BCUT2D eigenvalue weighted by molar-refractivity contribution is -0.104. The zero-order chi connectivity index (χ0) is 7.98. The topological polar surface area (TPSA) is 29.1 Å². The van der Waals surface area contributed by atoms with Crippen molar-refractivity contribution in [1.82, 2.24) is 5.32 Å². The standard InChI is InChI=1S/C8H15NO/c1-7(4-5-9-3)8(2)6-10/h6,9H,4-5H2,1-3H3/b8-7-. The second-order valence-corrected chi connectivity index (χ2v) is 2.43. The van der Waals surface area contributed by atoms with E-state index < -0.39 is 0 Å². The van der Waals surface area contributed by atoms with Crippen molar-refractivity contribution in [2.45, 2.75) is 20.3 Å². The summed E-state index contributed by atoms with van der Waals surface area (Å²) in [6, 6.07) is 0.